The maximum atomic E-state index is 11.9. The number of aromatic nitrogens is 2. The quantitative estimate of drug-likeness (QED) is 0.646. The van der Waals surface area contributed by atoms with E-state index in [9.17, 15) is 4.79 Å². The number of fused-ring (bicyclic) bond motifs is 1. The van der Waals surface area contributed by atoms with Crippen molar-refractivity contribution in [1.29, 1.82) is 0 Å². The average molecular weight is 336 g/mol. The van der Waals surface area contributed by atoms with E-state index >= 15 is 0 Å². The van der Waals surface area contributed by atoms with E-state index in [-0.39, 0.29) is 11.5 Å². The van der Waals surface area contributed by atoms with E-state index in [1.807, 2.05) is 13.8 Å². The molecule has 0 aliphatic rings. The van der Waals surface area contributed by atoms with Gasteiger partial charge in [-0.1, -0.05) is 0 Å². The molecule has 2 aromatic rings. The zero-order valence-corrected chi connectivity index (χ0v) is 15.3. The SMILES string of the molecule is COC(=O)c1sc2nc(C)nc(NCCNC(C)(C)C)c2c1C. The first-order chi connectivity index (χ1) is 10.7. The van der Waals surface area contributed by atoms with Crippen LogP contribution < -0.4 is 10.6 Å². The Morgan fingerprint density at radius 1 is 1.22 bits per heavy atom. The Labute approximate surface area is 140 Å². The third kappa shape index (κ3) is 4.17. The number of thiophene rings is 1. The minimum atomic E-state index is -0.330. The van der Waals surface area contributed by atoms with Crippen molar-refractivity contribution in [2.24, 2.45) is 0 Å². The van der Waals surface area contributed by atoms with E-state index in [0.717, 1.165) is 34.7 Å². The van der Waals surface area contributed by atoms with Gasteiger partial charge in [-0.3, -0.25) is 0 Å². The number of nitrogens with zero attached hydrogens (tertiary/aromatic N) is 2. The maximum Gasteiger partial charge on any atom is 0.348 e. The molecule has 0 atom stereocenters. The molecule has 0 fully saturated rings. The van der Waals surface area contributed by atoms with E-state index < -0.39 is 0 Å². The van der Waals surface area contributed by atoms with Gasteiger partial charge in [-0.2, -0.15) is 0 Å². The van der Waals surface area contributed by atoms with Gasteiger partial charge in [0.05, 0.1) is 12.5 Å². The Hall–Kier alpha value is -1.73. The second-order valence-electron chi connectivity index (χ2n) is 6.45. The number of carbonyl (C=O) groups is 1. The summed E-state index contributed by atoms with van der Waals surface area (Å²) < 4.78 is 4.85. The first kappa shape index (κ1) is 17.6. The molecule has 23 heavy (non-hydrogen) atoms. The molecule has 2 aromatic heterocycles. The molecule has 0 spiro atoms. The fourth-order valence-corrected chi connectivity index (χ4v) is 3.42. The van der Waals surface area contributed by atoms with Crippen molar-refractivity contribution in [2.45, 2.75) is 40.2 Å². The molecule has 0 radical (unpaired) electrons. The number of hydrogen-bond donors (Lipinski definition) is 2. The molecule has 0 aliphatic carbocycles. The third-order valence-electron chi connectivity index (χ3n) is 3.35. The highest BCUT2D eigenvalue weighted by Crippen LogP contribution is 2.34. The number of rotatable bonds is 5. The summed E-state index contributed by atoms with van der Waals surface area (Å²) in [7, 11) is 1.39. The van der Waals surface area contributed by atoms with E-state index in [0.29, 0.717) is 10.7 Å². The highest BCUT2D eigenvalue weighted by atomic mass is 32.1. The van der Waals surface area contributed by atoms with Crippen molar-refractivity contribution in [1.82, 2.24) is 15.3 Å². The Morgan fingerprint density at radius 2 is 1.91 bits per heavy atom. The molecule has 0 aliphatic heterocycles. The summed E-state index contributed by atoms with van der Waals surface area (Å²) in [5.41, 5.74) is 0.942. The Morgan fingerprint density at radius 3 is 2.52 bits per heavy atom. The van der Waals surface area contributed by atoms with Gasteiger partial charge in [0.2, 0.25) is 0 Å². The van der Waals surface area contributed by atoms with Crippen molar-refractivity contribution in [3.63, 3.8) is 0 Å². The molecule has 126 valence electrons. The monoisotopic (exact) mass is 336 g/mol. The number of methoxy groups -OCH3 is 1. The fourth-order valence-electron chi connectivity index (χ4n) is 2.28. The highest BCUT2D eigenvalue weighted by Gasteiger charge is 2.20. The van der Waals surface area contributed by atoms with Crippen molar-refractivity contribution in [3.05, 3.63) is 16.3 Å². The van der Waals surface area contributed by atoms with Gasteiger partial charge in [0.1, 0.15) is 21.3 Å². The summed E-state index contributed by atoms with van der Waals surface area (Å²) >= 11 is 1.35. The van der Waals surface area contributed by atoms with E-state index in [2.05, 4.69) is 41.4 Å². The van der Waals surface area contributed by atoms with Crippen LogP contribution >= 0.6 is 11.3 Å². The van der Waals surface area contributed by atoms with Crippen LogP contribution in [-0.4, -0.2) is 41.7 Å². The molecule has 2 rings (SSSR count). The molecule has 7 heteroatoms. The minimum Gasteiger partial charge on any atom is -0.465 e. The van der Waals surface area contributed by atoms with Crippen LogP contribution in [-0.2, 0) is 4.74 Å². The predicted molar refractivity (Wildman–Crippen MR) is 94.5 cm³/mol. The molecule has 2 heterocycles. The molecule has 0 saturated heterocycles. The lowest BCUT2D eigenvalue weighted by Crippen LogP contribution is -2.38. The Balaban J connectivity index is 2.28. The number of ether oxygens (including phenoxy) is 1. The molecule has 0 unspecified atom stereocenters. The van der Waals surface area contributed by atoms with Crippen LogP contribution in [0.1, 0.15) is 41.8 Å². The van der Waals surface area contributed by atoms with E-state index in [1.54, 1.807) is 0 Å². The number of hydrogen-bond acceptors (Lipinski definition) is 7. The predicted octanol–water partition coefficient (Wildman–Crippen LogP) is 2.89. The summed E-state index contributed by atoms with van der Waals surface area (Å²) in [6, 6.07) is 0. The van der Waals surface area contributed by atoms with Gasteiger partial charge in [-0.05, 0) is 40.2 Å². The average Bonchev–Trinajstić information content (AvgIpc) is 2.78. The number of carbonyl (C=O) groups excluding carboxylic acids is 1. The summed E-state index contributed by atoms with van der Waals surface area (Å²) in [6.07, 6.45) is 0. The largest absolute Gasteiger partial charge is 0.465 e. The van der Waals surface area contributed by atoms with Crippen molar-refractivity contribution >= 4 is 33.3 Å². The van der Waals surface area contributed by atoms with Crippen molar-refractivity contribution in [2.75, 3.05) is 25.5 Å². The molecule has 0 saturated carbocycles. The molecule has 0 amide bonds. The van der Waals surface area contributed by atoms with E-state index in [4.69, 9.17) is 4.74 Å². The Bertz CT molecular complexity index is 719. The first-order valence-electron chi connectivity index (χ1n) is 7.58. The normalized spacial score (nSPS) is 11.7. The van der Waals surface area contributed by atoms with Gasteiger partial charge in [-0.25, -0.2) is 14.8 Å². The summed E-state index contributed by atoms with van der Waals surface area (Å²) in [6.45, 7) is 11.7. The molecule has 0 bridgehead atoms. The van der Waals surface area contributed by atoms with Gasteiger partial charge in [0, 0.05) is 18.6 Å². The molecule has 2 N–H and O–H groups in total. The fraction of sp³-hybridized carbons (Fsp3) is 0.562. The summed E-state index contributed by atoms with van der Waals surface area (Å²) in [5.74, 6) is 1.12. The van der Waals surface area contributed by atoms with Gasteiger partial charge in [-0.15, -0.1) is 11.3 Å². The molecule has 6 nitrogen and oxygen atoms in total. The maximum absolute atomic E-state index is 11.9. The van der Waals surface area contributed by atoms with Gasteiger partial charge >= 0.3 is 5.97 Å². The van der Waals surface area contributed by atoms with Crippen LogP contribution in [0.5, 0.6) is 0 Å². The van der Waals surface area contributed by atoms with Crippen LogP contribution in [0, 0.1) is 13.8 Å². The number of esters is 1. The lowest BCUT2D eigenvalue weighted by molar-refractivity contribution is 0.0605. The van der Waals surface area contributed by atoms with Crippen LogP contribution in [0.4, 0.5) is 5.82 Å². The van der Waals surface area contributed by atoms with E-state index in [1.165, 1.54) is 18.4 Å². The number of nitrogens with one attached hydrogen (secondary N) is 2. The summed E-state index contributed by atoms with van der Waals surface area (Å²) in [4.78, 5) is 22.2. The number of anilines is 1. The van der Waals surface area contributed by atoms with Gasteiger partial charge in [0.15, 0.2) is 0 Å². The highest BCUT2D eigenvalue weighted by molar-refractivity contribution is 7.20. The molecular weight excluding hydrogens is 312 g/mol. The van der Waals surface area contributed by atoms with Gasteiger partial charge in [0.25, 0.3) is 0 Å². The van der Waals surface area contributed by atoms with Crippen LogP contribution in [0.15, 0.2) is 0 Å². The van der Waals surface area contributed by atoms with Crippen molar-refractivity contribution in [3.8, 4) is 0 Å². The van der Waals surface area contributed by atoms with Crippen LogP contribution in [0.2, 0.25) is 0 Å². The zero-order chi connectivity index (χ0) is 17.2. The molecule has 0 aromatic carbocycles. The number of aryl methyl sites for hydroxylation is 2. The van der Waals surface area contributed by atoms with Crippen molar-refractivity contribution < 1.29 is 9.53 Å². The minimum absolute atomic E-state index is 0.0783. The second-order valence-corrected chi connectivity index (χ2v) is 7.45. The lowest BCUT2D eigenvalue weighted by atomic mass is 10.1. The summed E-state index contributed by atoms with van der Waals surface area (Å²) in [5, 5.41) is 7.68. The topological polar surface area (TPSA) is 76.1 Å². The smallest absolute Gasteiger partial charge is 0.348 e. The first-order valence-corrected chi connectivity index (χ1v) is 8.39. The zero-order valence-electron chi connectivity index (χ0n) is 14.5. The van der Waals surface area contributed by atoms with Crippen LogP contribution in [0.25, 0.3) is 10.2 Å². The van der Waals surface area contributed by atoms with Gasteiger partial charge < -0.3 is 15.4 Å². The third-order valence-corrected chi connectivity index (χ3v) is 4.51. The standard InChI is InChI=1S/C16H24N4O2S/c1-9-11-13(17-7-8-18-16(3,4)5)19-10(2)20-14(11)23-12(9)15(21)22-6/h18H,7-8H2,1-6H3,(H,17,19,20). The van der Waals surface area contributed by atoms with Crippen LogP contribution in [0.3, 0.4) is 0 Å². The lowest BCUT2D eigenvalue weighted by Gasteiger charge is -2.20. The second kappa shape index (κ2) is 6.80. The molecular formula is C16H24N4O2S. The Kier molecular flexibility index (Phi) is 5.21.